The minimum absolute atomic E-state index is 0.117. The molecule has 0 aliphatic carbocycles. The zero-order valence-electron chi connectivity index (χ0n) is 15.1. The maximum absolute atomic E-state index is 13.2. The van der Waals surface area contributed by atoms with E-state index in [1.165, 1.54) is 0 Å². The molecule has 8 heteroatoms. The summed E-state index contributed by atoms with van der Waals surface area (Å²) in [6, 6.07) is 16.5. The molecule has 5 rings (SSSR count). The Bertz CT molecular complexity index is 1330. The molecule has 138 valence electrons. The lowest BCUT2D eigenvalue weighted by molar-refractivity contribution is 0.670. The van der Waals surface area contributed by atoms with Crippen molar-refractivity contribution in [3.63, 3.8) is 0 Å². The third-order valence-corrected chi connectivity index (χ3v) is 4.65. The van der Waals surface area contributed by atoms with Crippen LogP contribution in [0, 0.1) is 0 Å². The number of para-hydroxylation sites is 1. The maximum Gasteiger partial charge on any atom is 0.282 e. The molecule has 5 aromatic rings. The number of nitrogens with zero attached hydrogens (tertiary/aromatic N) is 6. The van der Waals surface area contributed by atoms with Crippen LogP contribution in [0.3, 0.4) is 0 Å². The first-order chi connectivity index (χ1) is 13.7. The van der Waals surface area contributed by atoms with E-state index in [-0.39, 0.29) is 11.6 Å². The molecule has 0 spiro atoms. The Morgan fingerprint density at radius 1 is 1.00 bits per heavy atom. The van der Waals surface area contributed by atoms with Crippen molar-refractivity contribution in [2.75, 3.05) is 5.32 Å². The number of hydrogen-bond donors (Lipinski definition) is 1. The molecule has 0 saturated heterocycles. The lowest BCUT2D eigenvalue weighted by atomic mass is 10.2. The highest BCUT2D eigenvalue weighted by Gasteiger charge is 2.19. The van der Waals surface area contributed by atoms with Gasteiger partial charge in [-0.1, -0.05) is 18.2 Å². The average Bonchev–Trinajstić information content (AvgIpc) is 3.38. The smallest absolute Gasteiger partial charge is 0.282 e. The first kappa shape index (κ1) is 16.2. The molecule has 0 unspecified atom stereocenters. The van der Waals surface area contributed by atoms with Gasteiger partial charge in [0.1, 0.15) is 11.3 Å². The van der Waals surface area contributed by atoms with E-state index in [0.717, 1.165) is 17.2 Å². The van der Waals surface area contributed by atoms with Crippen molar-refractivity contribution in [2.45, 2.75) is 13.0 Å². The fourth-order valence-corrected chi connectivity index (χ4v) is 3.34. The van der Waals surface area contributed by atoms with Crippen molar-refractivity contribution in [2.24, 2.45) is 0 Å². The Balaban J connectivity index is 1.67. The van der Waals surface area contributed by atoms with E-state index in [4.69, 9.17) is 5.10 Å². The molecule has 1 atom stereocenters. The fraction of sp³-hybridized carbons (Fsp3) is 0.100. The highest BCUT2D eigenvalue weighted by Crippen LogP contribution is 2.20. The van der Waals surface area contributed by atoms with Gasteiger partial charge in [-0.25, -0.2) is 9.50 Å². The van der Waals surface area contributed by atoms with Gasteiger partial charge in [-0.2, -0.15) is 14.7 Å². The van der Waals surface area contributed by atoms with Crippen LogP contribution in [0.2, 0.25) is 0 Å². The topological polar surface area (TPSA) is 81.5 Å². The normalized spacial score (nSPS) is 12.5. The van der Waals surface area contributed by atoms with Crippen molar-refractivity contribution in [3.05, 3.63) is 89.4 Å². The lowest BCUT2D eigenvalue weighted by Crippen LogP contribution is -2.29. The van der Waals surface area contributed by atoms with Crippen molar-refractivity contribution < 1.29 is 0 Å². The predicted octanol–water partition coefficient (Wildman–Crippen LogP) is 2.70. The van der Waals surface area contributed by atoms with Crippen molar-refractivity contribution >= 4 is 17.0 Å². The van der Waals surface area contributed by atoms with Gasteiger partial charge < -0.3 is 5.32 Å². The van der Waals surface area contributed by atoms with Gasteiger partial charge in [-0.05, 0) is 37.3 Å². The van der Waals surface area contributed by atoms with Crippen LogP contribution < -0.4 is 10.9 Å². The molecule has 1 N–H and O–H groups in total. The summed E-state index contributed by atoms with van der Waals surface area (Å²) in [5.74, 6) is 1.36. The minimum atomic E-state index is -0.269. The number of fused-ring (bicyclic) bond motifs is 2. The summed E-state index contributed by atoms with van der Waals surface area (Å²) < 4.78 is 4.98. The first-order valence-corrected chi connectivity index (χ1v) is 8.93. The van der Waals surface area contributed by atoms with E-state index in [0.29, 0.717) is 11.3 Å². The summed E-state index contributed by atoms with van der Waals surface area (Å²) in [6.45, 7) is 1.96. The number of aromatic nitrogens is 6. The largest absolute Gasteiger partial charge is 0.360 e. The Morgan fingerprint density at radius 3 is 2.71 bits per heavy atom. The van der Waals surface area contributed by atoms with Crippen molar-refractivity contribution in [1.82, 2.24) is 28.8 Å². The Hall–Kier alpha value is -3.94. The zero-order valence-corrected chi connectivity index (χ0v) is 15.1. The SMILES string of the molecule is C[C@H](Nc1ccnc2ccnn12)c1nn2cccc2c(=O)n1-c1ccccc1. The van der Waals surface area contributed by atoms with Crippen LogP contribution in [0.1, 0.15) is 18.8 Å². The fourth-order valence-electron chi connectivity index (χ4n) is 3.34. The van der Waals surface area contributed by atoms with E-state index in [1.54, 1.807) is 38.3 Å². The second kappa shape index (κ2) is 6.34. The number of rotatable bonds is 4. The molecule has 4 heterocycles. The predicted molar refractivity (Wildman–Crippen MR) is 106 cm³/mol. The molecule has 1 aromatic carbocycles. The zero-order chi connectivity index (χ0) is 19.1. The molecule has 4 aromatic heterocycles. The molecular formula is C20H17N7O. The molecular weight excluding hydrogens is 354 g/mol. The van der Waals surface area contributed by atoms with Crippen molar-refractivity contribution in [1.29, 1.82) is 0 Å². The first-order valence-electron chi connectivity index (χ1n) is 8.93. The van der Waals surface area contributed by atoms with Crippen molar-refractivity contribution in [3.8, 4) is 5.69 Å². The summed E-state index contributed by atoms with van der Waals surface area (Å²) in [5, 5.41) is 12.4. The summed E-state index contributed by atoms with van der Waals surface area (Å²) in [5.41, 5.74) is 1.92. The number of hydrogen-bond acceptors (Lipinski definition) is 5. The van der Waals surface area contributed by atoms with Crippen LogP contribution in [0.4, 0.5) is 5.82 Å². The quantitative estimate of drug-likeness (QED) is 0.525. The van der Waals surface area contributed by atoms with Crippen LogP contribution in [0.15, 0.2) is 78.0 Å². The standard InChI is InChI=1S/C20H17N7O/c1-14(23-18-9-11-21-17-10-12-22-27(17)18)19-24-25-13-5-8-16(25)20(28)26(19)15-6-3-2-4-7-15/h2-14,23H,1H3/t14-/m0/s1. The van der Waals surface area contributed by atoms with E-state index in [9.17, 15) is 4.79 Å². The Kier molecular flexibility index (Phi) is 3.68. The summed E-state index contributed by atoms with van der Waals surface area (Å²) in [4.78, 5) is 17.5. The van der Waals surface area contributed by atoms with Gasteiger partial charge >= 0.3 is 0 Å². The highest BCUT2D eigenvalue weighted by atomic mass is 16.1. The summed E-state index contributed by atoms with van der Waals surface area (Å²) in [7, 11) is 0. The van der Waals surface area contributed by atoms with Crippen LogP contribution in [-0.2, 0) is 0 Å². The van der Waals surface area contributed by atoms with Gasteiger partial charge in [0.15, 0.2) is 11.5 Å². The van der Waals surface area contributed by atoms with E-state index in [1.807, 2.05) is 55.5 Å². The van der Waals surface area contributed by atoms with Crippen LogP contribution >= 0.6 is 0 Å². The van der Waals surface area contributed by atoms with E-state index >= 15 is 0 Å². The number of nitrogens with one attached hydrogen (secondary N) is 1. The third kappa shape index (κ3) is 2.54. The molecule has 0 radical (unpaired) electrons. The van der Waals surface area contributed by atoms with Gasteiger partial charge in [0.25, 0.3) is 5.56 Å². The van der Waals surface area contributed by atoms with Crippen LogP contribution in [-0.4, -0.2) is 28.8 Å². The van der Waals surface area contributed by atoms with E-state index in [2.05, 4.69) is 15.4 Å². The van der Waals surface area contributed by atoms with Gasteiger partial charge in [-0.15, -0.1) is 0 Å². The molecule has 0 fully saturated rings. The lowest BCUT2D eigenvalue weighted by Gasteiger charge is -2.20. The average molecular weight is 371 g/mol. The van der Waals surface area contributed by atoms with Gasteiger partial charge in [0.2, 0.25) is 0 Å². The minimum Gasteiger partial charge on any atom is -0.360 e. The summed E-state index contributed by atoms with van der Waals surface area (Å²) in [6.07, 6.45) is 5.20. The Labute approximate surface area is 159 Å². The molecule has 0 bridgehead atoms. The van der Waals surface area contributed by atoms with Crippen LogP contribution in [0.5, 0.6) is 0 Å². The number of anilines is 1. The molecule has 28 heavy (non-hydrogen) atoms. The monoisotopic (exact) mass is 371 g/mol. The molecule has 0 aliphatic rings. The Morgan fingerprint density at radius 2 is 1.86 bits per heavy atom. The van der Waals surface area contributed by atoms with Gasteiger partial charge in [0, 0.05) is 18.5 Å². The maximum atomic E-state index is 13.2. The van der Waals surface area contributed by atoms with Crippen LogP contribution in [0.25, 0.3) is 16.9 Å². The second-order valence-corrected chi connectivity index (χ2v) is 6.47. The van der Waals surface area contributed by atoms with Gasteiger partial charge in [0.05, 0.1) is 17.9 Å². The second-order valence-electron chi connectivity index (χ2n) is 6.47. The highest BCUT2D eigenvalue weighted by molar-refractivity contribution is 5.50. The third-order valence-electron chi connectivity index (χ3n) is 4.65. The molecule has 0 saturated carbocycles. The molecule has 0 aliphatic heterocycles. The van der Waals surface area contributed by atoms with Gasteiger partial charge in [-0.3, -0.25) is 9.36 Å². The van der Waals surface area contributed by atoms with E-state index < -0.39 is 0 Å². The summed E-state index contributed by atoms with van der Waals surface area (Å²) >= 11 is 0. The molecule has 8 nitrogen and oxygen atoms in total. The number of benzene rings is 1. The molecule has 0 amide bonds.